The molecule has 0 saturated heterocycles. The van der Waals surface area contributed by atoms with E-state index in [-0.39, 0.29) is 11.8 Å². The number of anilines is 1. The van der Waals surface area contributed by atoms with Gasteiger partial charge in [0.2, 0.25) is 0 Å². The van der Waals surface area contributed by atoms with E-state index < -0.39 is 0 Å². The van der Waals surface area contributed by atoms with Crippen molar-refractivity contribution in [1.29, 1.82) is 0 Å². The molecule has 0 radical (unpaired) electrons. The van der Waals surface area contributed by atoms with E-state index in [2.05, 4.69) is 49.5 Å². The fraction of sp³-hybridized carbons (Fsp3) is 0.208. The Kier molecular flexibility index (Phi) is 5.92. The summed E-state index contributed by atoms with van der Waals surface area (Å²) in [5, 5.41) is 3.54. The van der Waals surface area contributed by atoms with E-state index >= 15 is 0 Å². The number of carbonyl (C=O) groups excluding carboxylic acids is 1. The molecule has 0 spiro atoms. The van der Waals surface area contributed by atoms with E-state index in [0.29, 0.717) is 12.0 Å². The van der Waals surface area contributed by atoms with Crippen molar-refractivity contribution in [1.82, 2.24) is 0 Å². The van der Waals surface area contributed by atoms with Gasteiger partial charge in [0.05, 0.1) is 13.2 Å². The number of hydrogen-bond donors (Lipinski definition) is 1. The van der Waals surface area contributed by atoms with Gasteiger partial charge >= 0.3 is 0 Å². The predicted molar refractivity (Wildman–Crippen MR) is 111 cm³/mol. The number of benzene rings is 3. The third-order valence-electron chi connectivity index (χ3n) is 4.85. The molecule has 0 unspecified atom stereocenters. The molecule has 3 aromatic carbocycles. The lowest BCUT2D eigenvalue weighted by atomic mass is 9.97. The second-order valence-corrected chi connectivity index (χ2v) is 6.76. The van der Waals surface area contributed by atoms with Crippen molar-refractivity contribution in [3.63, 3.8) is 0 Å². The largest absolute Gasteiger partial charge is 0.497 e. The van der Waals surface area contributed by atoms with Gasteiger partial charge in [-0.1, -0.05) is 36.4 Å². The number of nitrogens with one attached hydrogen (secondary N) is 1. The SMILES string of the molecule is COc1ccc(C(=O)C[C@@H](Nc2ccc(C)c(C)c2)c2ccccc2)cc1. The third kappa shape index (κ3) is 4.76. The Morgan fingerprint density at radius 2 is 1.63 bits per heavy atom. The van der Waals surface area contributed by atoms with Crippen LogP contribution in [0.5, 0.6) is 5.75 Å². The average molecular weight is 359 g/mol. The van der Waals surface area contributed by atoms with Crippen molar-refractivity contribution in [2.45, 2.75) is 26.3 Å². The van der Waals surface area contributed by atoms with E-state index in [9.17, 15) is 4.79 Å². The third-order valence-corrected chi connectivity index (χ3v) is 4.85. The quantitative estimate of drug-likeness (QED) is 0.547. The molecule has 0 heterocycles. The van der Waals surface area contributed by atoms with Crippen LogP contribution in [-0.4, -0.2) is 12.9 Å². The maximum atomic E-state index is 12.9. The molecule has 3 nitrogen and oxygen atoms in total. The molecule has 3 aromatic rings. The first-order valence-electron chi connectivity index (χ1n) is 9.13. The van der Waals surface area contributed by atoms with Gasteiger partial charge in [-0.15, -0.1) is 0 Å². The molecule has 1 atom stereocenters. The van der Waals surface area contributed by atoms with Gasteiger partial charge in [0, 0.05) is 17.7 Å². The number of carbonyl (C=O) groups is 1. The Hall–Kier alpha value is -3.07. The zero-order valence-electron chi connectivity index (χ0n) is 16.0. The van der Waals surface area contributed by atoms with Crippen molar-refractivity contribution in [3.8, 4) is 5.75 Å². The van der Waals surface area contributed by atoms with E-state index in [1.807, 2.05) is 42.5 Å². The summed E-state index contributed by atoms with van der Waals surface area (Å²) in [6.07, 6.45) is 0.378. The number of Topliss-reactive ketones (excluding diaryl/α,β-unsaturated/α-hetero) is 1. The Bertz CT molecular complexity index is 901. The molecule has 0 aliphatic rings. The van der Waals surface area contributed by atoms with Crippen LogP contribution in [0.15, 0.2) is 72.8 Å². The molecule has 3 heteroatoms. The Labute approximate surface area is 161 Å². The van der Waals surface area contributed by atoms with Crippen LogP contribution in [0.4, 0.5) is 5.69 Å². The van der Waals surface area contributed by atoms with Crippen LogP contribution in [0.25, 0.3) is 0 Å². The van der Waals surface area contributed by atoms with Gasteiger partial charge in [0.15, 0.2) is 5.78 Å². The summed E-state index contributed by atoms with van der Waals surface area (Å²) in [5.41, 5.74) is 5.30. The Morgan fingerprint density at radius 3 is 2.26 bits per heavy atom. The van der Waals surface area contributed by atoms with Gasteiger partial charge in [-0.3, -0.25) is 4.79 Å². The molecule has 0 aromatic heterocycles. The molecule has 138 valence electrons. The minimum atomic E-state index is -0.0945. The van der Waals surface area contributed by atoms with Crippen LogP contribution in [0, 0.1) is 13.8 Å². The smallest absolute Gasteiger partial charge is 0.165 e. The monoisotopic (exact) mass is 359 g/mol. The van der Waals surface area contributed by atoms with Crippen molar-refractivity contribution >= 4 is 11.5 Å². The summed E-state index contributed by atoms with van der Waals surface area (Å²) in [6, 6.07) is 23.6. The van der Waals surface area contributed by atoms with Gasteiger partial charge in [-0.05, 0) is 66.9 Å². The number of aryl methyl sites for hydroxylation is 2. The molecule has 1 N–H and O–H groups in total. The highest BCUT2D eigenvalue weighted by Gasteiger charge is 2.17. The van der Waals surface area contributed by atoms with Gasteiger partial charge in [-0.25, -0.2) is 0 Å². The van der Waals surface area contributed by atoms with Gasteiger partial charge in [0.1, 0.15) is 5.75 Å². The lowest BCUT2D eigenvalue weighted by molar-refractivity contribution is 0.0976. The second-order valence-electron chi connectivity index (χ2n) is 6.76. The zero-order valence-corrected chi connectivity index (χ0v) is 16.0. The van der Waals surface area contributed by atoms with Crippen LogP contribution < -0.4 is 10.1 Å². The van der Waals surface area contributed by atoms with Crippen LogP contribution >= 0.6 is 0 Å². The lowest BCUT2D eigenvalue weighted by Crippen LogP contribution is -2.16. The number of rotatable bonds is 7. The molecule has 0 bridgehead atoms. The van der Waals surface area contributed by atoms with Crippen molar-refractivity contribution in [3.05, 3.63) is 95.1 Å². The van der Waals surface area contributed by atoms with E-state index in [1.54, 1.807) is 7.11 Å². The highest BCUT2D eigenvalue weighted by atomic mass is 16.5. The molecule has 0 fully saturated rings. The summed E-state index contributed by atoms with van der Waals surface area (Å²) in [7, 11) is 1.62. The normalized spacial score (nSPS) is 11.7. The number of ketones is 1. The first-order valence-corrected chi connectivity index (χ1v) is 9.13. The molecule has 3 rings (SSSR count). The molecular formula is C24H25NO2. The fourth-order valence-electron chi connectivity index (χ4n) is 3.05. The summed E-state index contributed by atoms with van der Waals surface area (Å²) < 4.78 is 5.18. The first kappa shape index (κ1) is 18.7. The summed E-state index contributed by atoms with van der Waals surface area (Å²) >= 11 is 0. The van der Waals surface area contributed by atoms with E-state index in [0.717, 1.165) is 17.0 Å². The molecule has 0 aliphatic carbocycles. The number of methoxy groups -OCH3 is 1. The van der Waals surface area contributed by atoms with Gasteiger partial charge in [0.25, 0.3) is 0 Å². The summed E-state index contributed by atoms with van der Waals surface area (Å²) in [5.74, 6) is 0.849. The summed E-state index contributed by atoms with van der Waals surface area (Å²) in [6.45, 7) is 4.20. The van der Waals surface area contributed by atoms with Crippen LogP contribution in [0.1, 0.15) is 39.5 Å². The standard InChI is InChI=1S/C24H25NO2/c1-17-9-12-21(15-18(17)2)25-23(19-7-5-4-6-8-19)16-24(26)20-10-13-22(27-3)14-11-20/h4-15,23,25H,16H2,1-3H3/t23-/m1/s1. The second kappa shape index (κ2) is 8.54. The minimum Gasteiger partial charge on any atom is -0.497 e. The maximum Gasteiger partial charge on any atom is 0.165 e. The fourth-order valence-corrected chi connectivity index (χ4v) is 3.05. The van der Waals surface area contributed by atoms with Gasteiger partial charge in [-0.2, -0.15) is 0 Å². The zero-order chi connectivity index (χ0) is 19.2. The van der Waals surface area contributed by atoms with Crippen molar-refractivity contribution < 1.29 is 9.53 Å². The minimum absolute atomic E-state index is 0.0945. The van der Waals surface area contributed by atoms with Crippen LogP contribution in [0.3, 0.4) is 0 Å². The highest BCUT2D eigenvalue weighted by molar-refractivity contribution is 5.96. The van der Waals surface area contributed by atoms with Crippen molar-refractivity contribution in [2.24, 2.45) is 0 Å². The molecule has 0 aliphatic heterocycles. The lowest BCUT2D eigenvalue weighted by Gasteiger charge is -2.21. The van der Waals surface area contributed by atoms with E-state index in [4.69, 9.17) is 4.74 Å². The highest BCUT2D eigenvalue weighted by Crippen LogP contribution is 2.26. The topological polar surface area (TPSA) is 38.3 Å². The van der Waals surface area contributed by atoms with E-state index in [1.165, 1.54) is 11.1 Å². The molecule has 0 amide bonds. The first-order chi connectivity index (χ1) is 13.1. The molecular weight excluding hydrogens is 334 g/mol. The Morgan fingerprint density at radius 1 is 0.926 bits per heavy atom. The maximum absolute atomic E-state index is 12.9. The molecule has 27 heavy (non-hydrogen) atoms. The average Bonchev–Trinajstić information content (AvgIpc) is 2.71. The number of hydrogen-bond acceptors (Lipinski definition) is 3. The molecule has 0 saturated carbocycles. The predicted octanol–water partition coefficient (Wildman–Crippen LogP) is 5.74. The summed E-state index contributed by atoms with van der Waals surface area (Å²) in [4.78, 5) is 12.9. The Balaban J connectivity index is 1.83. The van der Waals surface area contributed by atoms with Crippen molar-refractivity contribution in [2.75, 3.05) is 12.4 Å². The van der Waals surface area contributed by atoms with Gasteiger partial charge < -0.3 is 10.1 Å². The van der Waals surface area contributed by atoms with Crippen LogP contribution in [0.2, 0.25) is 0 Å². The number of ether oxygens (including phenoxy) is 1. The van der Waals surface area contributed by atoms with Crippen LogP contribution in [-0.2, 0) is 0 Å².